The Bertz CT molecular complexity index is 1240. The molecule has 0 aliphatic rings. The zero-order valence-corrected chi connectivity index (χ0v) is 22.7. The Morgan fingerprint density at radius 2 is 0.875 bits per heavy atom. The summed E-state index contributed by atoms with van der Waals surface area (Å²) < 4.78 is 10.4. The number of amides is 2. The molecule has 0 radical (unpaired) electrons. The maximum Gasteiger partial charge on any atom is 0.411 e. The van der Waals surface area contributed by atoms with Gasteiger partial charge in [-0.15, -0.1) is 0 Å². The zero-order valence-electron chi connectivity index (χ0n) is 22.7. The van der Waals surface area contributed by atoms with E-state index in [4.69, 9.17) is 9.47 Å². The third-order valence-electron chi connectivity index (χ3n) is 5.66. The van der Waals surface area contributed by atoms with Crippen LogP contribution in [0, 0.1) is 0 Å². The highest BCUT2D eigenvalue weighted by Gasteiger charge is 2.25. The van der Waals surface area contributed by atoms with Crippen molar-refractivity contribution in [1.29, 1.82) is 0 Å². The van der Waals surface area contributed by atoms with Crippen LogP contribution in [0.4, 0.5) is 21.0 Å². The van der Waals surface area contributed by atoms with Gasteiger partial charge in [0, 0.05) is 22.5 Å². The summed E-state index contributed by atoms with van der Waals surface area (Å²) >= 11 is 0. The summed E-state index contributed by atoms with van der Waals surface area (Å²) in [4.78, 5) is 48.5. The molecule has 0 bridgehead atoms. The van der Waals surface area contributed by atoms with Gasteiger partial charge >= 0.3 is 12.2 Å². The van der Waals surface area contributed by atoms with Crippen LogP contribution in [0.15, 0.2) is 72.8 Å². The van der Waals surface area contributed by atoms with Crippen molar-refractivity contribution in [3.8, 4) is 0 Å². The predicted octanol–water partition coefficient (Wildman–Crippen LogP) is 5.09. The SMILES string of the molecule is CC(C)(O)C(=O)c1ccc(COC(=O)Nc2ccc(NC(=O)OCc3ccc(C(=O)C(C)(C)O)cc3)cc2)cc1. The lowest BCUT2D eigenvalue weighted by molar-refractivity contribution is 0.0487. The fourth-order valence-electron chi connectivity index (χ4n) is 3.45. The average molecular weight is 549 g/mol. The van der Waals surface area contributed by atoms with E-state index < -0.39 is 35.0 Å². The van der Waals surface area contributed by atoms with E-state index in [1.54, 1.807) is 72.8 Å². The van der Waals surface area contributed by atoms with Gasteiger partial charge in [0.15, 0.2) is 11.6 Å². The molecule has 0 aliphatic heterocycles. The van der Waals surface area contributed by atoms with E-state index >= 15 is 0 Å². The van der Waals surface area contributed by atoms with Gasteiger partial charge in [0.25, 0.3) is 0 Å². The maximum absolute atomic E-state index is 12.1. The van der Waals surface area contributed by atoms with Crippen molar-refractivity contribution in [3.63, 3.8) is 0 Å². The lowest BCUT2D eigenvalue weighted by atomic mass is 9.96. The summed E-state index contributed by atoms with van der Waals surface area (Å²) in [5.41, 5.74) is -0.0241. The van der Waals surface area contributed by atoms with Crippen molar-refractivity contribution in [1.82, 2.24) is 0 Å². The summed E-state index contributed by atoms with van der Waals surface area (Å²) in [5, 5.41) is 24.8. The van der Waals surface area contributed by atoms with Crippen LogP contribution in [0.1, 0.15) is 59.5 Å². The third-order valence-corrected chi connectivity index (χ3v) is 5.66. The first-order chi connectivity index (χ1) is 18.7. The number of hydrogen-bond acceptors (Lipinski definition) is 8. The molecule has 4 N–H and O–H groups in total. The van der Waals surface area contributed by atoms with E-state index in [0.717, 1.165) is 0 Å². The molecule has 3 aromatic rings. The molecule has 2 amide bonds. The standard InChI is InChI=1S/C30H32N2O8/c1-29(2,37)25(33)21-9-5-19(6-10-21)17-39-27(35)31-23-13-15-24(16-14-23)32-28(36)40-18-20-7-11-22(12-8-20)26(34)30(3,4)38/h5-16,37-38H,17-18H2,1-4H3,(H,31,35)(H,32,36). The Morgan fingerprint density at radius 1 is 0.575 bits per heavy atom. The van der Waals surface area contributed by atoms with Crippen molar-refractivity contribution in [2.45, 2.75) is 52.1 Å². The first-order valence-electron chi connectivity index (χ1n) is 12.4. The number of carbonyl (C=O) groups is 4. The Labute approximate surface area is 231 Å². The minimum Gasteiger partial charge on any atom is -0.444 e. The first kappa shape index (κ1) is 30.0. The van der Waals surface area contributed by atoms with Gasteiger partial charge in [0.2, 0.25) is 0 Å². The number of nitrogens with one attached hydrogen (secondary N) is 2. The number of hydrogen-bond donors (Lipinski definition) is 4. The smallest absolute Gasteiger partial charge is 0.411 e. The van der Waals surface area contributed by atoms with Gasteiger partial charge in [-0.05, 0) is 63.1 Å². The van der Waals surface area contributed by atoms with Gasteiger partial charge in [-0.1, -0.05) is 48.5 Å². The summed E-state index contributed by atoms with van der Waals surface area (Å²) in [6.45, 7) is 5.62. The fourth-order valence-corrected chi connectivity index (χ4v) is 3.45. The molecular weight excluding hydrogens is 516 g/mol. The molecule has 210 valence electrons. The lowest BCUT2D eigenvalue weighted by Crippen LogP contribution is -2.31. The number of anilines is 2. The monoisotopic (exact) mass is 548 g/mol. The van der Waals surface area contributed by atoms with E-state index in [0.29, 0.717) is 33.6 Å². The second kappa shape index (κ2) is 12.5. The molecule has 3 rings (SSSR count). The molecule has 10 heteroatoms. The van der Waals surface area contributed by atoms with Gasteiger partial charge in [-0.3, -0.25) is 20.2 Å². The number of ether oxygens (including phenoxy) is 2. The number of Topliss-reactive ketones (excluding diaryl/α,β-unsaturated/α-hetero) is 2. The maximum atomic E-state index is 12.1. The first-order valence-corrected chi connectivity index (χ1v) is 12.4. The average Bonchev–Trinajstić information content (AvgIpc) is 2.90. The number of carbonyl (C=O) groups excluding carboxylic acids is 4. The molecule has 3 aromatic carbocycles. The van der Waals surface area contributed by atoms with E-state index in [1.165, 1.54) is 27.7 Å². The molecule has 0 aliphatic carbocycles. The quantitative estimate of drug-likeness (QED) is 0.256. The highest BCUT2D eigenvalue weighted by atomic mass is 16.6. The van der Waals surface area contributed by atoms with Crippen molar-refractivity contribution in [2.24, 2.45) is 0 Å². The molecule has 0 heterocycles. The highest BCUT2D eigenvalue weighted by molar-refractivity contribution is 6.02. The van der Waals surface area contributed by atoms with Gasteiger partial charge < -0.3 is 19.7 Å². The van der Waals surface area contributed by atoms with Crippen LogP contribution < -0.4 is 10.6 Å². The molecule has 0 spiro atoms. The lowest BCUT2D eigenvalue weighted by Gasteiger charge is -2.15. The topological polar surface area (TPSA) is 151 Å². The Balaban J connectivity index is 1.42. The Kier molecular flexibility index (Phi) is 9.41. The van der Waals surface area contributed by atoms with Crippen molar-refractivity contribution < 1.29 is 38.9 Å². The summed E-state index contributed by atoms with van der Waals surface area (Å²) in [5.74, 6) is -0.812. The van der Waals surface area contributed by atoms with Crippen LogP contribution in [0.2, 0.25) is 0 Å². The molecule has 0 atom stereocenters. The van der Waals surface area contributed by atoms with E-state index in [1.807, 2.05) is 0 Å². The zero-order chi connectivity index (χ0) is 29.5. The third kappa shape index (κ3) is 8.75. The van der Waals surface area contributed by atoms with Gasteiger partial charge in [-0.2, -0.15) is 0 Å². The molecule has 0 unspecified atom stereocenters. The summed E-state index contributed by atoms with van der Waals surface area (Å²) in [6.07, 6.45) is -1.38. The van der Waals surface area contributed by atoms with Crippen molar-refractivity contribution >= 4 is 35.1 Å². The predicted molar refractivity (Wildman–Crippen MR) is 148 cm³/mol. The summed E-state index contributed by atoms with van der Waals surface area (Å²) in [6, 6.07) is 19.1. The van der Waals surface area contributed by atoms with Gasteiger partial charge in [-0.25, -0.2) is 9.59 Å². The van der Waals surface area contributed by atoms with Crippen LogP contribution in [0.25, 0.3) is 0 Å². The molecule has 40 heavy (non-hydrogen) atoms. The largest absolute Gasteiger partial charge is 0.444 e. The van der Waals surface area contributed by atoms with Crippen molar-refractivity contribution in [2.75, 3.05) is 10.6 Å². The normalized spacial score (nSPS) is 11.3. The molecule has 0 saturated heterocycles. The van der Waals surface area contributed by atoms with Gasteiger partial charge in [0.1, 0.15) is 24.4 Å². The molecule has 0 fully saturated rings. The molecule has 10 nitrogen and oxygen atoms in total. The van der Waals surface area contributed by atoms with E-state index in [2.05, 4.69) is 10.6 Å². The Hall–Kier alpha value is -4.54. The molecular formula is C30H32N2O8. The van der Waals surface area contributed by atoms with Crippen LogP contribution in [0.5, 0.6) is 0 Å². The second-order valence-electron chi connectivity index (χ2n) is 10.1. The summed E-state index contributed by atoms with van der Waals surface area (Å²) in [7, 11) is 0. The van der Waals surface area contributed by atoms with E-state index in [-0.39, 0.29) is 13.2 Å². The number of ketones is 2. The van der Waals surface area contributed by atoms with Gasteiger partial charge in [0.05, 0.1) is 0 Å². The number of aliphatic hydroxyl groups is 2. The highest BCUT2D eigenvalue weighted by Crippen LogP contribution is 2.17. The second-order valence-corrected chi connectivity index (χ2v) is 10.1. The van der Waals surface area contributed by atoms with Crippen molar-refractivity contribution in [3.05, 3.63) is 95.1 Å². The van der Waals surface area contributed by atoms with Crippen LogP contribution >= 0.6 is 0 Å². The van der Waals surface area contributed by atoms with E-state index in [9.17, 15) is 29.4 Å². The van der Waals surface area contributed by atoms with Crippen LogP contribution in [-0.4, -0.2) is 45.2 Å². The van der Waals surface area contributed by atoms with Crippen LogP contribution in [0.3, 0.4) is 0 Å². The number of rotatable bonds is 10. The molecule has 0 aromatic heterocycles. The minimum atomic E-state index is -1.47. The molecule has 0 saturated carbocycles. The Morgan fingerprint density at radius 3 is 1.15 bits per heavy atom. The number of benzene rings is 3. The minimum absolute atomic E-state index is 0.0211. The fraction of sp³-hybridized carbons (Fsp3) is 0.267. The van der Waals surface area contributed by atoms with Crippen LogP contribution in [-0.2, 0) is 22.7 Å².